The Balaban J connectivity index is 1.54. The lowest BCUT2D eigenvalue weighted by atomic mass is 10.1. The minimum atomic E-state index is -0.296. The number of benzene rings is 1. The summed E-state index contributed by atoms with van der Waals surface area (Å²) in [6, 6.07) is 8.26. The molecular weight excluding hydrogens is 427 g/mol. The maximum atomic E-state index is 13.3. The zero-order valence-corrected chi connectivity index (χ0v) is 18.4. The van der Waals surface area contributed by atoms with E-state index in [2.05, 4.69) is 20.6 Å². The standard InChI is InChI=1S/C23H23FN6OS/c1-13-20(22-29-18-11-25-9-8-19(18)32-22)21(27-17-5-2-14(10-17)12-31)30-23(26-13)28-16-6-3-15(24)4-7-16/h3-4,6-9,11,14,17,31H,2,5,10,12H2,1H3,(H2,26,27,28,30)/t14-,17+/m1/s1. The van der Waals surface area contributed by atoms with Gasteiger partial charge in [-0.1, -0.05) is 0 Å². The Hall–Kier alpha value is -3.17. The van der Waals surface area contributed by atoms with Crippen LogP contribution in [0.3, 0.4) is 0 Å². The van der Waals surface area contributed by atoms with E-state index in [9.17, 15) is 9.50 Å². The van der Waals surface area contributed by atoms with E-state index in [1.165, 1.54) is 12.1 Å². The van der Waals surface area contributed by atoms with Crippen molar-refractivity contribution in [3.05, 3.63) is 54.2 Å². The van der Waals surface area contributed by atoms with Crippen molar-refractivity contribution in [1.29, 1.82) is 0 Å². The van der Waals surface area contributed by atoms with Gasteiger partial charge in [-0.05, 0) is 62.4 Å². The number of aliphatic hydroxyl groups excluding tert-OH is 1. The maximum Gasteiger partial charge on any atom is 0.229 e. The van der Waals surface area contributed by atoms with Crippen molar-refractivity contribution < 1.29 is 9.50 Å². The summed E-state index contributed by atoms with van der Waals surface area (Å²) in [7, 11) is 0. The molecule has 3 aromatic heterocycles. The van der Waals surface area contributed by atoms with Crippen LogP contribution >= 0.6 is 11.3 Å². The number of fused-ring (bicyclic) bond motifs is 1. The Bertz CT molecular complexity index is 1210. The lowest BCUT2D eigenvalue weighted by Gasteiger charge is -2.18. The predicted octanol–water partition coefficient (Wildman–Crippen LogP) is 4.91. The number of rotatable bonds is 6. The van der Waals surface area contributed by atoms with Gasteiger partial charge in [0.1, 0.15) is 22.2 Å². The summed E-state index contributed by atoms with van der Waals surface area (Å²) < 4.78 is 14.3. The first-order valence-electron chi connectivity index (χ1n) is 10.6. The second kappa shape index (κ2) is 8.76. The van der Waals surface area contributed by atoms with Crippen LogP contribution in [-0.4, -0.2) is 37.7 Å². The molecular formula is C23H23FN6OS. The molecule has 7 nitrogen and oxygen atoms in total. The van der Waals surface area contributed by atoms with E-state index in [0.29, 0.717) is 23.4 Å². The number of pyridine rings is 1. The first-order valence-corrected chi connectivity index (χ1v) is 11.4. The number of nitrogens with zero attached hydrogens (tertiary/aromatic N) is 4. The van der Waals surface area contributed by atoms with Crippen LogP contribution in [0, 0.1) is 18.7 Å². The average molecular weight is 451 g/mol. The minimum absolute atomic E-state index is 0.204. The van der Waals surface area contributed by atoms with Gasteiger partial charge in [0.05, 0.1) is 22.2 Å². The molecule has 2 atom stereocenters. The van der Waals surface area contributed by atoms with Crippen molar-refractivity contribution in [2.75, 3.05) is 17.2 Å². The monoisotopic (exact) mass is 450 g/mol. The molecule has 0 aliphatic heterocycles. The summed E-state index contributed by atoms with van der Waals surface area (Å²) in [6.07, 6.45) is 6.37. The molecule has 32 heavy (non-hydrogen) atoms. The normalized spacial score (nSPS) is 18.2. The van der Waals surface area contributed by atoms with E-state index in [1.807, 2.05) is 13.0 Å². The maximum absolute atomic E-state index is 13.3. The summed E-state index contributed by atoms with van der Waals surface area (Å²) in [4.78, 5) is 18.4. The van der Waals surface area contributed by atoms with Crippen LogP contribution < -0.4 is 10.6 Å². The van der Waals surface area contributed by atoms with Gasteiger partial charge in [0.2, 0.25) is 5.95 Å². The van der Waals surface area contributed by atoms with Crippen LogP contribution in [0.2, 0.25) is 0 Å². The first kappa shape index (κ1) is 20.7. The number of aryl methyl sites for hydroxylation is 1. The Kier molecular flexibility index (Phi) is 5.67. The Morgan fingerprint density at radius 3 is 2.72 bits per heavy atom. The Morgan fingerprint density at radius 2 is 1.97 bits per heavy atom. The third kappa shape index (κ3) is 4.26. The van der Waals surface area contributed by atoms with E-state index in [0.717, 1.165) is 45.7 Å². The molecule has 0 spiro atoms. The summed E-state index contributed by atoms with van der Waals surface area (Å²) >= 11 is 1.58. The fourth-order valence-corrected chi connectivity index (χ4v) is 5.13. The quantitative estimate of drug-likeness (QED) is 0.384. The molecule has 3 N–H and O–H groups in total. The number of aromatic nitrogens is 4. The van der Waals surface area contributed by atoms with Crippen LogP contribution in [0.5, 0.6) is 0 Å². The van der Waals surface area contributed by atoms with Gasteiger partial charge in [-0.25, -0.2) is 14.4 Å². The first-order chi connectivity index (χ1) is 15.6. The largest absolute Gasteiger partial charge is 0.396 e. The van der Waals surface area contributed by atoms with E-state index >= 15 is 0 Å². The highest BCUT2D eigenvalue weighted by molar-refractivity contribution is 7.21. The smallest absolute Gasteiger partial charge is 0.229 e. The van der Waals surface area contributed by atoms with Gasteiger partial charge in [-0.3, -0.25) is 4.98 Å². The zero-order chi connectivity index (χ0) is 22.1. The van der Waals surface area contributed by atoms with Crippen molar-refractivity contribution in [2.45, 2.75) is 32.2 Å². The molecule has 4 aromatic rings. The summed E-state index contributed by atoms with van der Waals surface area (Å²) in [6.45, 7) is 2.14. The summed E-state index contributed by atoms with van der Waals surface area (Å²) in [5.41, 5.74) is 3.20. The highest BCUT2D eigenvalue weighted by Gasteiger charge is 2.26. The average Bonchev–Trinajstić information content (AvgIpc) is 3.41. The number of nitrogens with one attached hydrogen (secondary N) is 2. The fraction of sp³-hybridized carbons (Fsp3) is 0.304. The Morgan fingerprint density at radius 1 is 1.12 bits per heavy atom. The zero-order valence-electron chi connectivity index (χ0n) is 17.5. The van der Waals surface area contributed by atoms with E-state index in [4.69, 9.17) is 9.97 Å². The van der Waals surface area contributed by atoms with E-state index in [-0.39, 0.29) is 18.5 Å². The molecule has 0 saturated heterocycles. The van der Waals surface area contributed by atoms with Gasteiger partial charge >= 0.3 is 0 Å². The van der Waals surface area contributed by atoms with Crippen LogP contribution in [-0.2, 0) is 0 Å². The lowest BCUT2D eigenvalue weighted by Crippen LogP contribution is -2.19. The van der Waals surface area contributed by atoms with Gasteiger partial charge in [0.15, 0.2) is 0 Å². The summed E-state index contributed by atoms with van der Waals surface area (Å²) in [5.74, 6) is 1.15. The molecule has 0 radical (unpaired) electrons. The molecule has 164 valence electrons. The molecule has 5 rings (SSSR count). The van der Waals surface area contributed by atoms with Crippen molar-refractivity contribution >= 4 is 39.0 Å². The highest BCUT2D eigenvalue weighted by Crippen LogP contribution is 2.38. The topological polar surface area (TPSA) is 95.9 Å². The Labute approximate surface area is 188 Å². The van der Waals surface area contributed by atoms with Crippen LogP contribution in [0.4, 0.5) is 21.8 Å². The molecule has 3 heterocycles. The van der Waals surface area contributed by atoms with Gasteiger partial charge in [-0.15, -0.1) is 11.3 Å². The highest BCUT2D eigenvalue weighted by atomic mass is 32.1. The van der Waals surface area contributed by atoms with Crippen molar-refractivity contribution in [3.63, 3.8) is 0 Å². The van der Waals surface area contributed by atoms with Gasteiger partial charge in [0.25, 0.3) is 0 Å². The molecule has 9 heteroatoms. The molecule has 1 saturated carbocycles. The minimum Gasteiger partial charge on any atom is -0.396 e. The van der Waals surface area contributed by atoms with Crippen LogP contribution in [0.25, 0.3) is 20.8 Å². The van der Waals surface area contributed by atoms with Gasteiger partial charge in [0, 0.05) is 24.5 Å². The number of hydrogen-bond donors (Lipinski definition) is 3. The van der Waals surface area contributed by atoms with Crippen LogP contribution in [0.15, 0.2) is 42.7 Å². The third-order valence-electron chi connectivity index (χ3n) is 5.73. The number of aliphatic hydroxyl groups is 1. The molecule has 1 aromatic carbocycles. The van der Waals surface area contributed by atoms with Crippen molar-refractivity contribution in [2.24, 2.45) is 5.92 Å². The van der Waals surface area contributed by atoms with Crippen molar-refractivity contribution in [3.8, 4) is 10.6 Å². The predicted molar refractivity (Wildman–Crippen MR) is 125 cm³/mol. The number of thiazole rings is 1. The SMILES string of the molecule is Cc1nc(Nc2ccc(F)cc2)nc(N[C@H]2CC[C@@H](CO)C2)c1-c1nc2cnccc2s1. The van der Waals surface area contributed by atoms with Crippen molar-refractivity contribution in [1.82, 2.24) is 19.9 Å². The third-order valence-corrected chi connectivity index (χ3v) is 6.79. The molecule has 1 aliphatic carbocycles. The van der Waals surface area contributed by atoms with Gasteiger partial charge in [-0.2, -0.15) is 4.98 Å². The van der Waals surface area contributed by atoms with E-state index < -0.39 is 0 Å². The van der Waals surface area contributed by atoms with E-state index in [1.54, 1.807) is 35.9 Å². The molecule has 0 amide bonds. The molecule has 1 fully saturated rings. The second-order valence-corrected chi connectivity index (χ2v) is 9.08. The summed E-state index contributed by atoms with van der Waals surface area (Å²) in [5, 5.41) is 17.1. The molecule has 1 aliphatic rings. The van der Waals surface area contributed by atoms with Crippen LogP contribution in [0.1, 0.15) is 25.0 Å². The lowest BCUT2D eigenvalue weighted by molar-refractivity contribution is 0.229. The number of halogens is 1. The molecule has 0 unspecified atom stereocenters. The second-order valence-electron chi connectivity index (χ2n) is 8.05. The number of anilines is 3. The molecule has 0 bridgehead atoms. The number of hydrogen-bond acceptors (Lipinski definition) is 8. The fourth-order valence-electron chi connectivity index (χ4n) is 4.10. The van der Waals surface area contributed by atoms with Gasteiger partial charge < -0.3 is 15.7 Å².